The zero-order valence-electron chi connectivity index (χ0n) is 74.8. The van der Waals surface area contributed by atoms with Crippen molar-refractivity contribution < 1.29 is 166 Å². The Hall–Kier alpha value is -2.99. The molecule has 0 heterocycles. The van der Waals surface area contributed by atoms with Crippen molar-refractivity contribution in [2.75, 3.05) is 84.4 Å². The molecule has 2 aromatic rings. The molecule has 1 amide bonds. The quantitative estimate of drug-likeness (QED) is 0.00459. The second-order valence-electron chi connectivity index (χ2n) is 30.0. The van der Waals surface area contributed by atoms with Gasteiger partial charge < -0.3 is 75.5 Å². The number of alkyl halides is 4. The number of benzene rings is 2. The predicted octanol–water partition coefficient (Wildman–Crippen LogP) is 14.6. The molecule has 4 aliphatic carbocycles. The van der Waals surface area contributed by atoms with E-state index >= 15 is 8.78 Å². The van der Waals surface area contributed by atoms with Crippen molar-refractivity contribution in [3.05, 3.63) is 70.8 Å². The average molecular weight is 1780 g/mol. The summed E-state index contributed by atoms with van der Waals surface area (Å²) < 4.78 is 77.1. The van der Waals surface area contributed by atoms with Crippen molar-refractivity contribution in [3.8, 4) is 11.5 Å². The normalized spacial score (nSPS) is 17.4. The van der Waals surface area contributed by atoms with Crippen LogP contribution in [-0.4, -0.2) is 155 Å². The molecule has 2 aromatic carbocycles. The number of unbranched alkanes of at least 4 members (excludes halogenated alkanes) is 15. The fraction of sp³-hybridized carbons (Fsp3) is 0.761. The second-order valence-corrected chi connectivity index (χ2v) is 31.6. The van der Waals surface area contributed by atoms with Crippen molar-refractivity contribution in [3.63, 3.8) is 0 Å². The Bertz CT molecular complexity index is 2860. The molecule has 0 aliphatic heterocycles. The van der Waals surface area contributed by atoms with E-state index in [-0.39, 0.29) is 163 Å². The Kier molecular flexibility index (Phi) is 87.7. The van der Waals surface area contributed by atoms with Crippen LogP contribution in [0.25, 0.3) is 0 Å². The third-order valence-corrected chi connectivity index (χ3v) is 19.6. The molecule has 0 spiro atoms. The summed E-state index contributed by atoms with van der Waals surface area (Å²) in [6.45, 7) is 28.2. The minimum atomic E-state index is -0.788. The minimum absolute atomic E-state index is 0. The van der Waals surface area contributed by atoms with Crippen LogP contribution in [0.5, 0.6) is 11.5 Å². The van der Waals surface area contributed by atoms with Crippen molar-refractivity contribution in [1.82, 2.24) is 5.32 Å². The third kappa shape index (κ3) is 62.2. The number of carbonyl (C=O) groups is 7. The number of carboxylic acids is 1. The molecule has 6 atom stereocenters. The van der Waals surface area contributed by atoms with Crippen LogP contribution in [0.4, 0.5) is 13.6 Å². The number of aliphatic hydroxyl groups is 1. The number of halogens is 6. The summed E-state index contributed by atoms with van der Waals surface area (Å²) in [6.07, 6.45) is 36.2. The number of nitrogens with two attached hydrogens (primary N) is 1. The molecule has 4 bridgehead atoms. The molecular formula is C88H152Cl4F2N2Na2O20. The molecule has 2 fully saturated rings. The van der Waals surface area contributed by atoms with E-state index in [1.165, 1.54) is 123 Å². The van der Waals surface area contributed by atoms with Crippen molar-refractivity contribution in [2.24, 2.45) is 17.6 Å². The Morgan fingerprint density at radius 1 is 0.568 bits per heavy atom. The first-order valence-electron chi connectivity index (χ1n) is 41.7. The Balaban J connectivity index is -0.000000271. The molecule has 4 aliphatic rings. The van der Waals surface area contributed by atoms with E-state index in [9.17, 15) is 28.8 Å². The first-order chi connectivity index (χ1) is 55.0. The fourth-order valence-electron chi connectivity index (χ4n) is 13.6. The zero-order valence-corrected chi connectivity index (χ0v) is 80.8. The Morgan fingerprint density at radius 2 is 0.924 bits per heavy atom. The van der Waals surface area contributed by atoms with Crippen molar-refractivity contribution >= 4 is 88.8 Å². The van der Waals surface area contributed by atoms with E-state index in [4.69, 9.17) is 106 Å². The number of esters is 4. The number of methoxy groups -OCH3 is 2. The molecule has 0 saturated heterocycles. The van der Waals surface area contributed by atoms with Gasteiger partial charge in [0.25, 0.3) is 6.47 Å². The van der Waals surface area contributed by atoms with Gasteiger partial charge in [-0.05, 0) is 138 Å². The van der Waals surface area contributed by atoms with Crippen LogP contribution in [0.1, 0.15) is 319 Å². The van der Waals surface area contributed by atoms with Crippen LogP contribution in [0, 0.1) is 23.5 Å². The summed E-state index contributed by atoms with van der Waals surface area (Å²) in [7, 11) is 2.70. The number of alkyl carbamates (subject to hydrolysis) is 1. The average Bonchev–Trinajstić information content (AvgIpc) is 0.757. The number of ether oxygens (including phenoxy) is 9. The maximum atomic E-state index is 15.4. The van der Waals surface area contributed by atoms with Gasteiger partial charge in [0.05, 0.1) is 77.0 Å². The fourth-order valence-corrected chi connectivity index (χ4v) is 13.6. The number of rotatable bonds is 41. The van der Waals surface area contributed by atoms with Gasteiger partial charge in [-0.15, -0.1) is 46.4 Å². The summed E-state index contributed by atoms with van der Waals surface area (Å²) in [5.41, 5.74) is 8.50. The summed E-state index contributed by atoms with van der Waals surface area (Å²) in [5, 5.41) is 28.5. The molecule has 0 aromatic heterocycles. The number of hydrogen-bond acceptors (Lipinski definition) is 20. The van der Waals surface area contributed by atoms with Gasteiger partial charge in [0.2, 0.25) is 0 Å². The number of amides is 1. The third-order valence-electron chi connectivity index (χ3n) is 19.6. The van der Waals surface area contributed by atoms with Crippen molar-refractivity contribution in [1.29, 1.82) is 0 Å². The maximum absolute atomic E-state index is 15.4. The first-order valence-corrected chi connectivity index (χ1v) is 43.9. The van der Waals surface area contributed by atoms with E-state index in [2.05, 4.69) is 74.7 Å². The largest absolute Gasteiger partial charge is 1.00 e. The van der Waals surface area contributed by atoms with Crippen LogP contribution in [0.15, 0.2) is 36.9 Å². The molecule has 6 rings (SSSR count). The first kappa shape index (κ1) is 126. The Morgan fingerprint density at radius 3 is 1.26 bits per heavy atom. The molecular weight excluding hydrogens is 1630 g/mol. The van der Waals surface area contributed by atoms with E-state index in [0.717, 1.165) is 126 Å². The van der Waals surface area contributed by atoms with Gasteiger partial charge in [-0.1, -0.05) is 197 Å². The van der Waals surface area contributed by atoms with E-state index in [0.29, 0.717) is 83.6 Å². The van der Waals surface area contributed by atoms with E-state index in [1.807, 2.05) is 32.9 Å². The summed E-state index contributed by atoms with van der Waals surface area (Å²) in [6, 6.07) is 6.18. The SMILES string of the molecule is C.C=CC(=O)OC.CCCCCCO.CCCCCCOCCC(=O)O.CCCCCCOCCC(=O)OC.CCCCCCOCCC(=O)Oc1cc(F)c2c(c1)[C@@]1(C)CCCCC[C@@H](C2)[C@@H]1N.CCCCCCOCCC(=O)Oc1cc(F)c2c(c1)[C@@]1(C)CCCCC[C@@H](C2)[C@@H]1NC(=O)OC(C)(C)C.ClCCl.ClCCl.O=CO[O-].[H-].[Na+].[Na+]. The standard InChI is InChI=1S/C30H46FNO5.C25H38FNO3.C10H20O3.C9H18O3.C6H14O.C4H6O2.2CH2Cl2.CH2O3.CH4.2Na.H/c1-6-7-8-12-16-35-17-14-26(33)36-22-19-24-23(25(31)20-22)18-21-13-10-9-11-15-30(24,5)27(21)32-28(34)37-29(2,3)4;1-3-4-5-9-13-29-14-11-23(28)30-19-16-21-20(22(26)17-19)15-18-10-7-6-8-12-25(21,2)24(18)27;1-3-4-5-6-8-13-9-7-10(11)12-2;1-2-3-4-5-7-12-8-6-9(10)11;1-2-3-4-5-6-7;1-3-4(5)6-2;2*2-1-3;2-1-4-3;;;;/h19-21,27H,6-18H2,1-5H3,(H,32,34);16-18,24H,3-15,27H2,1-2H3;3-9H2,1-2H3;2-8H2,1H3,(H,10,11);7H,2-6H2,1H3;3H,1H2,2H3;2*1H2;1,3H;1H4;;;/q;;;;;;;;;;2*+1;-1/p-1/t21-,27-,30+;18-,24-,25+;;;;;;;;;;;/m00.........../s1. The van der Waals surface area contributed by atoms with Gasteiger partial charge in [-0.3, -0.25) is 24.0 Å². The molecule has 22 nitrogen and oxygen atoms in total. The molecule has 0 radical (unpaired) electrons. The van der Waals surface area contributed by atoms with Crippen LogP contribution in [0.2, 0.25) is 0 Å². The molecule has 5 N–H and O–H groups in total. The van der Waals surface area contributed by atoms with Gasteiger partial charge in [-0.2, -0.15) is 0 Å². The molecule has 678 valence electrons. The number of carbonyl (C=O) groups excluding carboxylic acids is 6. The molecule has 2 saturated carbocycles. The minimum Gasteiger partial charge on any atom is -1.00 e. The van der Waals surface area contributed by atoms with Crippen LogP contribution < -0.4 is 84.9 Å². The van der Waals surface area contributed by atoms with Crippen LogP contribution >= 0.6 is 46.4 Å². The topological polar surface area (TPSA) is 313 Å². The van der Waals surface area contributed by atoms with Crippen molar-refractivity contribution in [2.45, 2.75) is 336 Å². The van der Waals surface area contributed by atoms with Gasteiger partial charge in [0.1, 0.15) is 28.7 Å². The number of fused-ring (bicyclic) bond motifs is 8. The van der Waals surface area contributed by atoms with Gasteiger partial charge in [0.15, 0.2) is 0 Å². The number of hydrogen-bond donors (Lipinski definition) is 4. The molecule has 30 heteroatoms. The number of nitrogens with one attached hydrogen (secondary N) is 1. The van der Waals surface area contributed by atoms with Gasteiger partial charge >= 0.3 is 95.1 Å². The second kappa shape index (κ2) is 82.3. The number of aliphatic carboxylic acids is 1. The van der Waals surface area contributed by atoms with Gasteiger partial charge in [-0.25, -0.2) is 18.4 Å². The molecule has 0 unspecified atom stereocenters. The van der Waals surface area contributed by atoms with Gasteiger partial charge in [0, 0.05) is 74.2 Å². The van der Waals surface area contributed by atoms with E-state index < -0.39 is 35.0 Å². The number of carboxylic acid groups (broad SMARTS) is 1. The van der Waals surface area contributed by atoms with Crippen LogP contribution in [-0.2, 0) is 90.5 Å². The Labute approximate surface area is 774 Å². The predicted molar refractivity (Wildman–Crippen MR) is 460 cm³/mol. The maximum Gasteiger partial charge on any atom is 1.00 e. The number of aliphatic hydroxyl groups excluding tert-OH is 1. The monoisotopic (exact) mass is 1780 g/mol. The summed E-state index contributed by atoms with van der Waals surface area (Å²) in [5.74, 6) is -1.90. The zero-order chi connectivity index (χ0) is 87.1. The molecule has 118 heavy (non-hydrogen) atoms. The summed E-state index contributed by atoms with van der Waals surface area (Å²) in [4.78, 5) is 79.3. The summed E-state index contributed by atoms with van der Waals surface area (Å²) >= 11 is 19.1. The smallest absolute Gasteiger partial charge is 1.00 e. The van der Waals surface area contributed by atoms with Crippen LogP contribution in [0.3, 0.4) is 0 Å². The van der Waals surface area contributed by atoms with E-state index in [1.54, 1.807) is 0 Å².